The number of sulfonamides is 1. The normalized spacial score (nSPS) is 17.2. The predicted molar refractivity (Wildman–Crippen MR) is 101 cm³/mol. The smallest absolute Gasteiger partial charge is 0.243 e. The molecule has 0 radical (unpaired) electrons. The molecule has 28 heavy (non-hydrogen) atoms. The van der Waals surface area contributed by atoms with Crippen LogP contribution in [0.1, 0.15) is 31.4 Å². The van der Waals surface area contributed by atoms with Gasteiger partial charge in [-0.1, -0.05) is 12.1 Å². The van der Waals surface area contributed by atoms with E-state index in [-0.39, 0.29) is 41.7 Å². The van der Waals surface area contributed by atoms with Crippen LogP contribution in [0.5, 0.6) is 0 Å². The number of rotatable bonds is 5. The summed E-state index contributed by atoms with van der Waals surface area (Å²) in [5, 5.41) is 2.91. The van der Waals surface area contributed by atoms with Crippen molar-refractivity contribution in [3.8, 4) is 0 Å². The molecular formula is C20H22F2N2O3S. The average Bonchev–Trinajstić information content (AvgIpc) is 2.69. The van der Waals surface area contributed by atoms with Crippen LogP contribution in [0.2, 0.25) is 0 Å². The number of hydrogen-bond donors (Lipinski definition) is 1. The highest BCUT2D eigenvalue weighted by molar-refractivity contribution is 7.89. The maximum absolute atomic E-state index is 13.0. The van der Waals surface area contributed by atoms with Gasteiger partial charge in [0.15, 0.2) is 0 Å². The summed E-state index contributed by atoms with van der Waals surface area (Å²) in [6, 6.07) is 10.4. The minimum absolute atomic E-state index is 0.0433. The van der Waals surface area contributed by atoms with Gasteiger partial charge in [-0.25, -0.2) is 17.2 Å². The first-order valence-electron chi connectivity index (χ1n) is 9.09. The van der Waals surface area contributed by atoms with Gasteiger partial charge < -0.3 is 5.32 Å². The van der Waals surface area contributed by atoms with E-state index in [1.165, 1.54) is 28.6 Å². The number of carbonyl (C=O) groups is 1. The summed E-state index contributed by atoms with van der Waals surface area (Å²) in [4.78, 5) is 12.6. The van der Waals surface area contributed by atoms with E-state index >= 15 is 0 Å². The summed E-state index contributed by atoms with van der Waals surface area (Å²) in [6.45, 7) is 2.27. The number of amides is 1. The maximum Gasteiger partial charge on any atom is 0.243 e. The van der Waals surface area contributed by atoms with E-state index in [1.807, 2.05) is 6.92 Å². The van der Waals surface area contributed by atoms with Gasteiger partial charge in [-0.15, -0.1) is 0 Å². The molecule has 150 valence electrons. The van der Waals surface area contributed by atoms with E-state index in [4.69, 9.17) is 0 Å². The summed E-state index contributed by atoms with van der Waals surface area (Å²) in [5.74, 6) is -1.26. The Labute approximate surface area is 163 Å². The van der Waals surface area contributed by atoms with Gasteiger partial charge in [-0.3, -0.25) is 4.79 Å². The molecule has 1 saturated heterocycles. The summed E-state index contributed by atoms with van der Waals surface area (Å²) < 4.78 is 52.7. The second-order valence-corrected chi connectivity index (χ2v) is 8.85. The van der Waals surface area contributed by atoms with Crippen molar-refractivity contribution >= 4 is 15.9 Å². The van der Waals surface area contributed by atoms with E-state index in [0.29, 0.717) is 12.8 Å². The molecule has 1 aliphatic rings. The van der Waals surface area contributed by atoms with Gasteiger partial charge in [-0.2, -0.15) is 4.31 Å². The molecule has 0 aromatic heterocycles. The van der Waals surface area contributed by atoms with E-state index in [1.54, 1.807) is 12.1 Å². The van der Waals surface area contributed by atoms with Crippen molar-refractivity contribution in [2.45, 2.75) is 30.7 Å². The molecule has 0 bridgehead atoms. The number of piperidine rings is 1. The van der Waals surface area contributed by atoms with Crippen molar-refractivity contribution in [3.05, 3.63) is 65.7 Å². The SMILES string of the molecule is C[C@@H](NC(=O)C1CCN(S(=O)(=O)c2ccc(F)cc2)CC1)c1ccc(F)cc1. The highest BCUT2D eigenvalue weighted by atomic mass is 32.2. The first-order chi connectivity index (χ1) is 13.3. The molecule has 1 atom stereocenters. The van der Waals surface area contributed by atoms with Gasteiger partial charge in [-0.05, 0) is 61.7 Å². The lowest BCUT2D eigenvalue weighted by atomic mass is 9.96. The minimum atomic E-state index is -3.70. The van der Waals surface area contributed by atoms with Gasteiger partial charge >= 0.3 is 0 Å². The summed E-state index contributed by atoms with van der Waals surface area (Å²) in [5.41, 5.74) is 0.797. The Balaban J connectivity index is 1.57. The molecule has 0 saturated carbocycles. The summed E-state index contributed by atoms with van der Waals surface area (Å²) in [6.07, 6.45) is 0.810. The van der Waals surface area contributed by atoms with Gasteiger partial charge in [0.05, 0.1) is 10.9 Å². The van der Waals surface area contributed by atoms with Crippen molar-refractivity contribution in [2.24, 2.45) is 5.92 Å². The quantitative estimate of drug-likeness (QED) is 0.826. The van der Waals surface area contributed by atoms with Crippen LogP contribution < -0.4 is 5.32 Å². The number of nitrogens with one attached hydrogen (secondary N) is 1. The lowest BCUT2D eigenvalue weighted by molar-refractivity contribution is -0.126. The molecule has 1 amide bonds. The molecule has 1 N–H and O–H groups in total. The number of halogens is 2. The fraction of sp³-hybridized carbons (Fsp3) is 0.350. The Morgan fingerprint density at radius 2 is 1.50 bits per heavy atom. The molecular weight excluding hydrogens is 386 g/mol. The fourth-order valence-corrected chi connectivity index (χ4v) is 4.75. The van der Waals surface area contributed by atoms with Crippen LogP contribution in [0.4, 0.5) is 8.78 Å². The topological polar surface area (TPSA) is 66.5 Å². The Hall–Kier alpha value is -2.32. The van der Waals surface area contributed by atoms with Crippen molar-refractivity contribution in [2.75, 3.05) is 13.1 Å². The molecule has 1 heterocycles. The van der Waals surface area contributed by atoms with E-state index in [9.17, 15) is 22.0 Å². The zero-order valence-electron chi connectivity index (χ0n) is 15.4. The standard InChI is InChI=1S/C20H22F2N2O3S/c1-14(15-2-4-17(21)5-3-15)23-20(25)16-10-12-24(13-11-16)28(26,27)19-8-6-18(22)7-9-19/h2-9,14,16H,10-13H2,1H3,(H,23,25)/t14-/m1/s1. The van der Waals surface area contributed by atoms with Crippen molar-refractivity contribution in [1.82, 2.24) is 9.62 Å². The molecule has 0 unspecified atom stereocenters. The molecule has 0 spiro atoms. The number of benzene rings is 2. The van der Waals surface area contributed by atoms with Crippen LogP contribution in [-0.2, 0) is 14.8 Å². The Morgan fingerprint density at radius 1 is 1.00 bits per heavy atom. The highest BCUT2D eigenvalue weighted by Gasteiger charge is 2.32. The molecule has 5 nitrogen and oxygen atoms in total. The van der Waals surface area contributed by atoms with Crippen LogP contribution in [0, 0.1) is 17.6 Å². The van der Waals surface area contributed by atoms with E-state index in [0.717, 1.165) is 17.7 Å². The summed E-state index contributed by atoms with van der Waals surface area (Å²) >= 11 is 0. The Bertz CT molecular complexity index is 923. The van der Waals surface area contributed by atoms with Crippen LogP contribution >= 0.6 is 0 Å². The lowest BCUT2D eigenvalue weighted by Gasteiger charge is -2.31. The second-order valence-electron chi connectivity index (χ2n) is 6.91. The third-order valence-electron chi connectivity index (χ3n) is 5.00. The van der Waals surface area contributed by atoms with Crippen molar-refractivity contribution in [3.63, 3.8) is 0 Å². The van der Waals surface area contributed by atoms with Crippen LogP contribution in [0.3, 0.4) is 0 Å². The average molecular weight is 408 g/mol. The lowest BCUT2D eigenvalue weighted by Crippen LogP contribution is -2.43. The monoisotopic (exact) mass is 408 g/mol. The molecule has 1 fully saturated rings. The van der Waals surface area contributed by atoms with Gasteiger partial charge in [0.2, 0.25) is 15.9 Å². The van der Waals surface area contributed by atoms with Crippen molar-refractivity contribution in [1.29, 1.82) is 0 Å². The third kappa shape index (κ3) is 4.56. The van der Waals surface area contributed by atoms with Crippen LogP contribution in [-0.4, -0.2) is 31.7 Å². The first-order valence-corrected chi connectivity index (χ1v) is 10.5. The third-order valence-corrected chi connectivity index (χ3v) is 6.92. The predicted octanol–water partition coefficient (Wildman–Crippen LogP) is 3.24. The largest absolute Gasteiger partial charge is 0.349 e. The molecule has 1 aliphatic heterocycles. The van der Waals surface area contributed by atoms with Gasteiger partial charge in [0, 0.05) is 19.0 Å². The van der Waals surface area contributed by atoms with Crippen LogP contribution in [0.15, 0.2) is 53.4 Å². The van der Waals surface area contributed by atoms with E-state index < -0.39 is 15.8 Å². The zero-order valence-corrected chi connectivity index (χ0v) is 16.3. The molecule has 2 aromatic rings. The number of hydrogen-bond acceptors (Lipinski definition) is 3. The molecule has 8 heteroatoms. The number of carbonyl (C=O) groups excluding carboxylic acids is 1. The zero-order chi connectivity index (χ0) is 20.3. The van der Waals surface area contributed by atoms with Crippen LogP contribution in [0.25, 0.3) is 0 Å². The van der Waals surface area contributed by atoms with E-state index in [2.05, 4.69) is 5.32 Å². The highest BCUT2D eigenvalue weighted by Crippen LogP contribution is 2.25. The Morgan fingerprint density at radius 3 is 2.04 bits per heavy atom. The Kier molecular flexibility index (Phi) is 6.10. The molecule has 2 aromatic carbocycles. The molecule has 0 aliphatic carbocycles. The maximum atomic E-state index is 13.0. The fourth-order valence-electron chi connectivity index (χ4n) is 3.28. The van der Waals surface area contributed by atoms with Crippen molar-refractivity contribution < 1.29 is 22.0 Å². The molecule has 3 rings (SSSR count). The minimum Gasteiger partial charge on any atom is -0.349 e. The van der Waals surface area contributed by atoms with Gasteiger partial charge in [0.1, 0.15) is 11.6 Å². The second kappa shape index (κ2) is 8.36. The summed E-state index contributed by atoms with van der Waals surface area (Å²) in [7, 11) is -3.70. The first kappa shape index (κ1) is 20.4. The number of nitrogens with zero attached hydrogens (tertiary/aromatic N) is 1. The van der Waals surface area contributed by atoms with Gasteiger partial charge in [0.25, 0.3) is 0 Å².